The second kappa shape index (κ2) is 4.96. The number of nitrogens with zero attached hydrogens (tertiary/aromatic N) is 1. The first-order valence-electron chi connectivity index (χ1n) is 5.74. The van der Waals surface area contributed by atoms with E-state index in [2.05, 4.69) is 15.6 Å². The molecule has 0 bridgehead atoms. The van der Waals surface area contributed by atoms with Crippen LogP contribution in [0.4, 0.5) is 5.69 Å². The Labute approximate surface area is 95.5 Å². The fourth-order valence-electron chi connectivity index (χ4n) is 2.01. The fraction of sp³-hybridized carbons (Fsp3) is 0.500. The summed E-state index contributed by atoms with van der Waals surface area (Å²) in [6, 6.07) is 3.95. The molecular formula is C12H17N3O. The van der Waals surface area contributed by atoms with Crippen LogP contribution in [0.2, 0.25) is 0 Å². The van der Waals surface area contributed by atoms with E-state index in [9.17, 15) is 4.79 Å². The number of rotatable bonds is 3. The van der Waals surface area contributed by atoms with Crippen LogP contribution >= 0.6 is 0 Å². The molecule has 1 fully saturated rings. The lowest BCUT2D eigenvalue weighted by Crippen LogP contribution is -2.33. The second-order valence-corrected chi connectivity index (χ2v) is 4.14. The molecule has 0 aromatic carbocycles. The fourth-order valence-corrected chi connectivity index (χ4v) is 2.01. The van der Waals surface area contributed by atoms with Crippen LogP contribution in [-0.4, -0.2) is 24.0 Å². The van der Waals surface area contributed by atoms with Gasteiger partial charge in [0.25, 0.3) is 5.91 Å². The molecule has 1 saturated carbocycles. The maximum Gasteiger partial charge on any atom is 0.270 e. The van der Waals surface area contributed by atoms with Gasteiger partial charge in [0.05, 0.1) is 11.9 Å². The maximum atomic E-state index is 11.8. The number of amides is 1. The molecule has 4 nitrogen and oxygen atoms in total. The number of pyridine rings is 1. The molecule has 0 radical (unpaired) electrons. The first-order valence-corrected chi connectivity index (χ1v) is 5.74. The van der Waals surface area contributed by atoms with Crippen molar-refractivity contribution in [3.8, 4) is 0 Å². The third-order valence-corrected chi connectivity index (χ3v) is 2.98. The molecule has 1 aliphatic carbocycles. The summed E-state index contributed by atoms with van der Waals surface area (Å²) in [6.07, 6.45) is 6.30. The van der Waals surface area contributed by atoms with Gasteiger partial charge in [0.15, 0.2) is 0 Å². The number of anilines is 1. The van der Waals surface area contributed by atoms with E-state index in [-0.39, 0.29) is 5.91 Å². The highest BCUT2D eigenvalue weighted by molar-refractivity contribution is 5.92. The minimum atomic E-state index is -0.0606. The molecule has 2 N–H and O–H groups in total. The van der Waals surface area contributed by atoms with Gasteiger partial charge in [-0.1, -0.05) is 12.8 Å². The lowest BCUT2D eigenvalue weighted by atomic mass is 10.2. The van der Waals surface area contributed by atoms with Gasteiger partial charge in [-0.05, 0) is 25.0 Å². The van der Waals surface area contributed by atoms with Crippen molar-refractivity contribution in [3.05, 3.63) is 24.0 Å². The monoisotopic (exact) mass is 219 g/mol. The summed E-state index contributed by atoms with van der Waals surface area (Å²) in [5, 5.41) is 5.98. The standard InChI is InChI=1S/C12H17N3O/c1-13-10-6-7-11(14-8-10)12(16)15-9-4-2-3-5-9/h6-9,13H,2-5H2,1H3,(H,15,16). The van der Waals surface area contributed by atoms with Crippen LogP contribution < -0.4 is 10.6 Å². The smallest absolute Gasteiger partial charge is 0.270 e. The van der Waals surface area contributed by atoms with Crippen LogP contribution in [0.25, 0.3) is 0 Å². The topological polar surface area (TPSA) is 54.0 Å². The van der Waals surface area contributed by atoms with E-state index in [0.717, 1.165) is 18.5 Å². The minimum absolute atomic E-state index is 0.0606. The van der Waals surface area contributed by atoms with Gasteiger partial charge in [-0.3, -0.25) is 4.79 Å². The van der Waals surface area contributed by atoms with Crippen LogP contribution in [-0.2, 0) is 0 Å². The molecule has 0 atom stereocenters. The number of carbonyl (C=O) groups excluding carboxylic acids is 1. The lowest BCUT2D eigenvalue weighted by molar-refractivity contribution is 0.0933. The first kappa shape index (κ1) is 10.9. The van der Waals surface area contributed by atoms with Gasteiger partial charge in [-0.15, -0.1) is 0 Å². The highest BCUT2D eigenvalue weighted by atomic mass is 16.1. The molecule has 0 aliphatic heterocycles. The van der Waals surface area contributed by atoms with Crippen molar-refractivity contribution in [1.82, 2.24) is 10.3 Å². The van der Waals surface area contributed by atoms with Crippen molar-refractivity contribution < 1.29 is 4.79 Å². The van der Waals surface area contributed by atoms with E-state index in [4.69, 9.17) is 0 Å². The van der Waals surface area contributed by atoms with Crippen molar-refractivity contribution in [2.45, 2.75) is 31.7 Å². The second-order valence-electron chi connectivity index (χ2n) is 4.14. The molecule has 1 aromatic heterocycles. The average molecular weight is 219 g/mol. The van der Waals surface area contributed by atoms with Crippen molar-refractivity contribution in [2.75, 3.05) is 12.4 Å². The molecule has 86 valence electrons. The number of aromatic nitrogens is 1. The number of carbonyl (C=O) groups is 1. The Balaban J connectivity index is 1.97. The van der Waals surface area contributed by atoms with Gasteiger partial charge < -0.3 is 10.6 Å². The summed E-state index contributed by atoms with van der Waals surface area (Å²) in [4.78, 5) is 15.9. The van der Waals surface area contributed by atoms with Gasteiger partial charge in [0.1, 0.15) is 5.69 Å². The Morgan fingerprint density at radius 3 is 2.69 bits per heavy atom. The lowest BCUT2D eigenvalue weighted by Gasteiger charge is -2.11. The molecule has 1 aliphatic rings. The van der Waals surface area contributed by atoms with Crippen LogP contribution in [0.3, 0.4) is 0 Å². The van der Waals surface area contributed by atoms with E-state index >= 15 is 0 Å². The van der Waals surface area contributed by atoms with Gasteiger partial charge in [0.2, 0.25) is 0 Å². The Hall–Kier alpha value is -1.58. The summed E-state index contributed by atoms with van der Waals surface area (Å²) in [5.41, 5.74) is 1.41. The normalized spacial score (nSPS) is 16.1. The quantitative estimate of drug-likeness (QED) is 0.815. The third kappa shape index (κ3) is 2.51. The van der Waals surface area contributed by atoms with Gasteiger partial charge in [-0.25, -0.2) is 4.98 Å². The van der Waals surface area contributed by atoms with Crippen molar-refractivity contribution in [3.63, 3.8) is 0 Å². The van der Waals surface area contributed by atoms with Gasteiger partial charge in [-0.2, -0.15) is 0 Å². The molecule has 1 aromatic rings. The Morgan fingerprint density at radius 1 is 1.38 bits per heavy atom. The largest absolute Gasteiger partial charge is 0.387 e. The molecular weight excluding hydrogens is 202 g/mol. The highest BCUT2D eigenvalue weighted by Crippen LogP contribution is 2.18. The first-order chi connectivity index (χ1) is 7.79. The number of hydrogen-bond acceptors (Lipinski definition) is 3. The molecule has 16 heavy (non-hydrogen) atoms. The SMILES string of the molecule is CNc1ccc(C(=O)NC2CCCC2)nc1. The predicted molar refractivity (Wildman–Crippen MR) is 63.5 cm³/mol. The molecule has 2 rings (SSSR count). The summed E-state index contributed by atoms with van der Waals surface area (Å²) >= 11 is 0. The molecule has 1 amide bonds. The van der Waals surface area contributed by atoms with Crippen molar-refractivity contribution in [1.29, 1.82) is 0 Å². The zero-order valence-corrected chi connectivity index (χ0v) is 9.49. The summed E-state index contributed by atoms with van der Waals surface area (Å²) in [5.74, 6) is -0.0606. The maximum absolute atomic E-state index is 11.8. The summed E-state index contributed by atoms with van der Waals surface area (Å²) in [6.45, 7) is 0. The third-order valence-electron chi connectivity index (χ3n) is 2.98. The van der Waals surface area contributed by atoms with Crippen LogP contribution in [0.15, 0.2) is 18.3 Å². The van der Waals surface area contributed by atoms with Crippen LogP contribution in [0, 0.1) is 0 Å². The molecule has 0 spiro atoms. The summed E-state index contributed by atoms with van der Waals surface area (Å²) < 4.78 is 0. The van der Waals surface area contributed by atoms with E-state index in [1.54, 1.807) is 12.3 Å². The molecule has 1 heterocycles. The van der Waals surface area contributed by atoms with E-state index in [1.165, 1.54) is 12.8 Å². The minimum Gasteiger partial charge on any atom is -0.387 e. The zero-order chi connectivity index (χ0) is 11.4. The molecule has 0 unspecified atom stereocenters. The number of nitrogens with one attached hydrogen (secondary N) is 2. The molecule has 0 saturated heterocycles. The number of hydrogen-bond donors (Lipinski definition) is 2. The van der Waals surface area contributed by atoms with Crippen molar-refractivity contribution in [2.24, 2.45) is 0 Å². The van der Waals surface area contributed by atoms with Crippen LogP contribution in [0.1, 0.15) is 36.2 Å². The van der Waals surface area contributed by atoms with Gasteiger partial charge in [0, 0.05) is 13.1 Å². The Bertz CT molecular complexity index is 355. The zero-order valence-electron chi connectivity index (χ0n) is 9.49. The molecule has 4 heteroatoms. The van der Waals surface area contributed by atoms with E-state index < -0.39 is 0 Å². The van der Waals surface area contributed by atoms with Gasteiger partial charge >= 0.3 is 0 Å². The summed E-state index contributed by atoms with van der Waals surface area (Å²) in [7, 11) is 1.83. The highest BCUT2D eigenvalue weighted by Gasteiger charge is 2.18. The average Bonchev–Trinajstić information content (AvgIpc) is 2.82. The Morgan fingerprint density at radius 2 is 2.12 bits per heavy atom. The van der Waals surface area contributed by atoms with Crippen LogP contribution in [0.5, 0.6) is 0 Å². The van der Waals surface area contributed by atoms with Crippen molar-refractivity contribution >= 4 is 11.6 Å². The predicted octanol–water partition coefficient (Wildman–Crippen LogP) is 1.80. The Kier molecular flexibility index (Phi) is 3.39. The van der Waals surface area contributed by atoms with E-state index in [0.29, 0.717) is 11.7 Å². The van der Waals surface area contributed by atoms with E-state index in [1.807, 2.05) is 13.1 Å².